The van der Waals surface area contributed by atoms with Gasteiger partial charge in [0.15, 0.2) is 0 Å². The minimum atomic E-state index is -0.00293. The summed E-state index contributed by atoms with van der Waals surface area (Å²) in [4.78, 5) is 7.15. The number of thiophene rings is 1. The first-order chi connectivity index (χ1) is 12.5. The standard InChI is InChI=1S/C22H32N2OS/c1-5-25-17-22(10-8-19-9-13-26-15-19)11-12-24(16-22)21(3,4)20-7-6-18(2)23-14-20/h6-7,9,13-15H,5,8,10-12,16-17H2,1-4H3. The van der Waals surface area contributed by atoms with E-state index in [1.54, 1.807) is 11.3 Å². The van der Waals surface area contributed by atoms with Crippen LogP contribution >= 0.6 is 11.3 Å². The van der Waals surface area contributed by atoms with Crippen molar-refractivity contribution in [3.63, 3.8) is 0 Å². The number of pyridine rings is 1. The molecular formula is C22H32N2OS. The van der Waals surface area contributed by atoms with E-state index in [-0.39, 0.29) is 11.0 Å². The zero-order valence-electron chi connectivity index (χ0n) is 16.6. The Labute approximate surface area is 162 Å². The van der Waals surface area contributed by atoms with E-state index in [0.717, 1.165) is 38.4 Å². The Bertz CT molecular complexity index is 681. The van der Waals surface area contributed by atoms with Crippen LogP contribution in [0.1, 0.15) is 50.4 Å². The number of likely N-dealkylation sites (tertiary alicyclic amines) is 1. The van der Waals surface area contributed by atoms with Gasteiger partial charge in [0.2, 0.25) is 0 Å². The van der Waals surface area contributed by atoms with E-state index in [9.17, 15) is 0 Å². The Hall–Kier alpha value is -1.23. The van der Waals surface area contributed by atoms with Gasteiger partial charge in [0.05, 0.1) is 6.61 Å². The maximum atomic E-state index is 5.94. The van der Waals surface area contributed by atoms with E-state index in [1.807, 2.05) is 13.1 Å². The highest BCUT2D eigenvalue weighted by Crippen LogP contribution is 2.41. The SMILES string of the molecule is CCOCC1(CCc2ccsc2)CCN(C(C)(C)c2ccc(C)nc2)C1. The fourth-order valence-electron chi connectivity index (χ4n) is 3.98. The molecule has 4 heteroatoms. The molecule has 1 atom stereocenters. The third kappa shape index (κ3) is 4.36. The number of hydrogen-bond acceptors (Lipinski definition) is 4. The van der Waals surface area contributed by atoms with Gasteiger partial charge in [-0.3, -0.25) is 9.88 Å². The predicted octanol–water partition coefficient (Wildman–Crippen LogP) is 5.05. The Morgan fingerprint density at radius 1 is 1.31 bits per heavy atom. The van der Waals surface area contributed by atoms with Crippen molar-refractivity contribution in [2.24, 2.45) is 5.41 Å². The van der Waals surface area contributed by atoms with Crippen molar-refractivity contribution in [2.45, 2.75) is 52.5 Å². The molecule has 2 aromatic heterocycles. The fourth-order valence-corrected chi connectivity index (χ4v) is 4.68. The number of rotatable bonds is 8. The summed E-state index contributed by atoms with van der Waals surface area (Å²) in [5, 5.41) is 4.46. The van der Waals surface area contributed by atoms with E-state index in [0.29, 0.717) is 0 Å². The minimum Gasteiger partial charge on any atom is -0.381 e. The molecular weight excluding hydrogens is 340 g/mol. The molecule has 1 fully saturated rings. The lowest BCUT2D eigenvalue weighted by Crippen LogP contribution is -2.42. The van der Waals surface area contributed by atoms with Crippen LogP contribution in [0.4, 0.5) is 0 Å². The predicted molar refractivity (Wildman–Crippen MR) is 110 cm³/mol. The second-order valence-corrected chi connectivity index (χ2v) is 8.97. The number of ether oxygens (including phenoxy) is 1. The second-order valence-electron chi connectivity index (χ2n) is 8.19. The number of aryl methyl sites for hydroxylation is 2. The van der Waals surface area contributed by atoms with Gasteiger partial charge >= 0.3 is 0 Å². The van der Waals surface area contributed by atoms with Crippen LogP contribution < -0.4 is 0 Å². The molecule has 0 aromatic carbocycles. The maximum Gasteiger partial charge on any atom is 0.0535 e. The van der Waals surface area contributed by atoms with Crippen molar-refractivity contribution >= 4 is 11.3 Å². The van der Waals surface area contributed by atoms with Crippen molar-refractivity contribution in [3.8, 4) is 0 Å². The van der Waals surface area contributed by atoms with Gasteiger partial charge in [-0.1, -0.05) is 6.07 Å². The van der Waals surface area contributed by atoms with Crippen LogP contribution in [0.3, 0.4) is 0 Å². The van der Waals surface area contributed by atoms with Crippen LogP contribution in [-0.4, -0.2) is 36.2 Å². The molecule has 0 amide bonds. The monoisotopic (exact) mass is 372 g/mol. The van der Waals surface area contributed by atoms with Crippen molar-refractivity contribution in [1.82, 2.24) is 9.88 Å². The number of aromatic nitrogens is 1. The Kier molecular flexibility index (Phi) is 6.16. The third-order valence-corrected chi connectivity index (χ3v) is 6.72. The molecule has 0 saturated carbocycles. The maximum absolute atomic E-state index is 5.94. The molecule has 1 unspecified atom stereocenters. The van der Waals surface area contributed by atoms with Gasteiger partial charge in [-0.2, -0.15) is 11.3 Å². The Balaban J connectivity index is 1.73. The average molecular weight is 373 g/mol. The van der Waals surface area contributed by atoms with Crippen LogP contribution in [0.15, 0.2) is 35.2 Å². The van der Waals surface area contributed by atoms with Crippen molar-refractivity contribution in [2.75, 3.05) is 26.3 Å². The van der Waals surface area contributed by atoms with E-state index in [1.165, 1.54) is 24.0 Å². The molecule has 26 heavy (non-hydrogen) atoms. The van der Waals surface area contributed by atoms with Crippen molar-refractivity contribution in [3.05, 3.63) is 52.0 Å². The van der Waals surface area contributed by atoms with E-state index in [4.69, 9.17) is 4.74 Å². The highest BCUT2D eigenvalue weighted by molar-refractivity contribution is 7.07. The lowest BCUT2D eigenvalue weighted by Gasteiger charge is -2.38. The van der Waals surface area contributed by atoms with Gasteiger partial charge in [-0.25, -0.2) is 0 Å². The van der Waals surface area contributed by atoms with Crippen LogP contribution in [0.2, 0.25) is 0 Å². The molecule has 0 spiro atoms. The minimum absolute atomic E-state index is 0.00293. The Morgan fingerprint density at radius 2 is 2.15 bits per heavy atom. The summed E-state index contributed by atoms with van der Waals surface area (Å²) in [6, 6.07) is 6.61. The van der Waals surface area contributed by atoms with E-state index < -0.39 is 0 Å². The smallest absolute Gasteiger partial charge is 0.0535 e. The quantitative estimate of drug-likeness (QED) is 0.648. The summed E-state index contributed by atoms with van der Waals surface area (Å²) in [5.41, 5.74) is 4.09. The van der Waals surface area contributed by atoms with Gasteiger partial charge in [0, 0.05) is 36.0 Å². The molecule has 1 aliphatic heterocycles. The van der Waals surface area contributed by atoms with Crippen molar-refractivity contribution < 1.29 is 4.74 Å². The molecule has 3 heterocycles. The zero-order chi connectivity index (χ0) is 18.6. The largest absolute Gasteiger partial charge is 0.381 e. The van der Waals surface area contributed by atoms with E-state index in [2.05, 4.69) is 59.6 Å². The van der Waals surface area contributed by atoms with Gasteiger partial charge in [0.25, 0.3) is 0 Å². The molecule has 0 radical (unpaired) electrons. The van der Waals surface area contributed by atoms with E-state index >= 15 is 0 Å². The molecule has 0 N–H and O–H groups in total. The fraction of sp³-hybridized carbons (Fsp3) is 0.591. The molecule has 1 aliphatic rings. The average Bonchev–Trinajstić information content (AvgIpc) is 3.29. The summed E-state index contributed by atoms with van der Waals surface area (Å²) in [6.07, 6.45) is 5.60. The first-order valence-electron chi connectivity index (χ1n) is 9.72. The van der Waals surface area contributed by atoms with Crippen molar-refractivity contribution in [1.29, 1.82) is 0 Å². The van der Waals surface area contributed by atoms with Crippen LogP contribution in [0.5, 0.6) is 0 Å². The summed E-state index contributed by atoms with van der Waals surface area (Å²) in [5.74, 6) is 0. The summed E-state index contributed by atoms with van der Waals surface area (Å²) < 4.78 is 5.94. The molecule has 0 bridgehead atoms. The molecule has 142 valence electrons. The second kappa shape index (κ2) is 8.20. The number of hydrogen-bond donors (Lipinski definition) is 0. The molecule has 1 saturated heterocycles. The van der Waals surface area contributed by atoms with Gasteiger partial charge in [-0.15, -0.1) is 0 Å². The first-order valence-corrected chi connectivity index (χ1v) is 10.7. The zero-order valence-corrected chi connectivity index (χ0v) is 17.4. The molecule has 3 nitrogen and oxygen atoms in total. The topological polar surface area (TPSA) is 25.4 Å². The molecule has 2 aromatic rings. The number of nitrogens with zero attached hydrogens (tertiary/aromatic N) is 2. The van der Waals surface area contributed by atoms with Gasteiger partial charge in [0.1, 0.15) is 0 Å². The third-order valence-electron chi connectivity index (χ3n) is 5.98. The molecule has 0 aliphatic carbocycles. The lowest BCUT2D eigenvalue weighted by atomic mass is 9.82. The van der Waals surface area contributed by atoms with Gasteiger partial charge < -0.3 is 4.74 Å². The normalized spacial score (nSPS) is 21.4. The lowest BCUT2D eigenvalue weighted by molar-refractivity contribution is 0.0385. The molecule has 3 rings (SSSR count). The summed E-state index contributed by atoms with van der Waals surface area (Å²) in [6.45, 7) is 12.7. The highest BCUT2D eigenvalue weighted by atomic mass is 32.1. The summed E-state index contributed by atoms with van der Waals surface area (Å²) in [7, 11) is 0. The van der Waals surface area contributed by atoms with Crippen LogP contribution in [0.25, 0.3) is 0 Å². The highest BCUT2D eigenvalue weighted by Gasteiger charge is 2.43. The van der Waals surface area contributed by atoms with Gasteiger partial charge in [-0.05, 0) is 87.5 Å². The van der Waals surface area contributed by atoms with Crippen LogP contribution in [-0.2, 0) is 16.7 Å². The Morgan fingerprint density at radius 3 is 2.81 bits per heavy atom. The summed E-state index contributed by atoms with van der Waals surface area (Å²) >= 11 is 1.79. The first kappa shape index (κ1) is 19.5. The van der Waals surface area contributed by atoms with Crippen LogP contribution in [0, 0.1) is 12.3 Å².